The van der Waals surface area contributed by atoms with Crippen LogP contribution in [-0.2, 0) is 12.3 Å². The third kappa shape index (κ3) is 3.68. The molecule has 0 saturated carbocycles. The molecule has 0 aliphatic rings. The average Bonchev–Trinajstić information content (AvgIpc) is 3.18. The van der Waals surface area contributed by atoms with E-state index in [1.165, 1.54) is 0 Å². The second-order valence-electron chi connectivity index (χ2n) is 4.57. The highest BCUT2D eigenvalue weighted by atomic mass is 32.2. The zero-order valence-corrected chi connectivity index (χ0v) is 13.3. The number of benzene rings is 1. The number of nitrogens with one attached hydrogen (secondary N) is 1. The summed E-state index contributed by atoms with van der Waals surface area (Å²) in [6, 6.07) is 12.4. The van der Waals surface area contributed by atoms with E-state index in [-0.39, 0.29) is 0 Å². The van der Waals surface area contributed by atoms with Gasteiger partial charge in [-0.05, 0) is 30.5 Å². The number of hydrogen-bond donors (Lipinski definition) is 1. The minimum atomic E-state index is 0.690. The summed E-state index contributed by atoms with van der Waals surface area (Å²) in [5.41, 5.74) is 2.21. The number of aromatic nitrogens is 1. The van der Waals surface area contributed by atoms with Gasteiger partial charge in [-0.1, -0.05) is 12.1 Å². The molecule has 0 amide bonds. The first-order chi connectivity index (χ1) is 10.3. The van der Waals surface area contributed by atoms with E-state index in [4.69, 9.17) is 4.42 Å². The Morgan fingerprint density at radius 1 is 1.24 bits per heavy atom. The van der Waals surface area contributed by atoms with E-state index in [0.29, 0.717) is 6.54 Å². The largest absolute Gasteiger partial charge is 0.463 e. The lowest BCUT2D eigenvalue weighted by Gasteiger charge is -2.06. The van der Waals surface area contributed by atoms with Crippen molar-refractivity contribution in [2.75, 3.05) is 11.6 Å². The molecular formula is C16H16N2OS2. The van der Waals surface area contributed by atoms with Gasteiger partial charge < -0.3 is 9.73 Å². The lowest BCUT2D eigenvalue weighted by atomic mass is 10.2. The van der Waals surface area contributed by atoms with Crippen molar-refractivity contribution >= 4 is 28.8 Å². The van der Waals surface area contributed by atoms with E-state index in [2.05, 4.69) is 34.8 Å². The first kappa shape index (κ1) is 14.2. The van der Waals surface area contributed by atoms with E-state index in [1.54, 1.807) is 23.1 Å². The molecule has 3 aromatic rings. The first-order valence-electron chi connectivity index (χ1n) is 6.65. The molecule has 1 aromatic carbocycles. The third-order valence-electron chi connectivity index (χ3n) is 3.01. The quantitative estimate of drug-likeness (QED) is 0.703. The van der Waals surface area contributed by atoms with E-state index in [0.717, 1.165) is 33.5 Å². The van der Waals surface area contributed by atoms with Crippen LogP contribution in [0.4, 0.5) is 5.69 Å². The summed E-state index contributed by atoms with van der Waals surface area (Å²) in [6.07, 6.45) is 3.90. The van der Waals surface area contributed by atoms with Gasteiger partial charge in [0, 0.05) is 22.8 Å². The van der Waals surface area contributed by atoms with Gasteiger partial charge in [0.2, 0.25) is 0 Å². The topological polar surface area (TPSA) is 38.1 Å². The summed E-state index contributed by atoms with van der Waals surface area (Å²) >= 11 is 3.41. The highest BCUT2D eigenvalue weighted by Gasteiger charge is 2.04. The van der Waals surface area contributed by atoms with Crippen LogP contribution < -0.4 is 5.32 Å². The summed E-state index contributed by atoms with van der Waals surface area (Å²) in [6.45, 7) is 0.690. The van der Waals surface area contributed by atoms with Crippen molar-refractivity contribution in [2.24, 2.45) is 0 Å². The predicted octanol–water partition coefficient (Wildman–Crippen LogP) is 4.88. The molecule has 0 aliphatic heterocycles. The molecule has 0 saturated heterocycles. The SMILES string of the molecule is CSCc1ccc(CNc2cccc(-c3nccs3)c2)o1. The Balaban J connectivity index is 1.66. The zero-order valence-electron chi connectivity index (χ0n) is 11.7. The highest BCUT2D eigenvalue weighted by Crippen LogP contribution is 2.24. The Bertz CT molecular complexity index is 692. The maximum atomic E-state index is 5.75. The number of thioether (sulfide) groups is 1. The number of hydrogen-bond acceptors (Lipinski definition) is 5. The Kier molecular flexibility index (Phi) is 4.62. The van der Waals surface area contributed by atoms with Crippen molar-refractivity contribution in [1.82, 2.24) is 4.98 Å². The number of nitrogens with zero attached hydrogens (tertiary/aromatic N) is 1. The molecular weight excluding hydrogens is 300 g/mol. The number of furan rings is 1. The molecule has 2 heterocycles. The molecule has 108 valence electrons. The second kappa shape index (κ2) is 6.83. The van der Waals surface area contributed by atoms with Crippen molar-refractivity contribution in [3.05, 3.63) is 59.5 Å². The van der Waals surface area contributed by atoms with Crippen LogP contribution in [0.25, 0.3) is 10.6 Å². The van der Waals surface area contributed by atoms with Crippen LogP contribution in [0.15, 0.2) is 52.4 Å². The highest BCUT2D eigenvalue weighted by molar-refractivity contribution is 7.97. The Labute approximate surface area is 132 Å². The van der Waals surface area contributed by atoms with Gasteiger partial charge in [-0.15, -0.1) is 11.3 Å². The molecule has 21 heavy (non-hydrogen) atoms. The lowest BCUT2D eigenvalue weighted by Crippen LogP contribution is -1.98. The molecule has 0 bridgehead atoms. The third-order valence-corrected chi connectivity index (χ3v) is 4.41. The predicted molar refractivity (Wildman–Crippen MR) is 90.8 cm³/mol. The molecule has 0 fully saturated rings. The van der Waals surface area contributed by atoms with Gasteiger partial charge in [0.05, 0.1) is 12.3 Å². The maximum Gasteiger partial charge on any atom is 0.123 e. The summed E-state index contributed by atoms with van der Waals surface area (Å²) in [4.78, 5) is 4.34. The van der Waals surface area contributed by atoms with E-state index in [9.17, 15) is 0 Å². The molecule has 0 aliphatic carbocycles. The van der Waals surface area contributed by atoms with Crippen LogP contribution in [0.3, 0.4) is 0 Å². The molecule has 0 unspecified atom stereocenters. The van der Waals surface area contributed by atoms with Crippen LogP contribution in [0.2, 0.25) is 0 Å². The Morgan fingerprint density at radius 2 is 2.14 bits per heavy atom. The molecule has 5 heteroatoms. The fourth-order valence-electron chi connectivity index (χ4n) is 2.05. The molecule has 3 nitrogen and oxygen atoms in total. The van der Waals surface area contributed by atoms with E-state index in [1.807, 2.05) is 29.8 Å². The smallest absolute Gasteiger partial charge is 0.123 e. The molecule has 0 spiro atoms. The van der Waals surface area contributed by atoms with Crippen molar-refractivity contribution in [3.8, 4) is 10.6 Å². The second-order valence-corrected chi connectivity index (χ2v) is 6.33. The summed E-state index contributed by atoms with van der Waals surface area (Å²) < 4.78 is 5.75. The van der Waals surface area contributed by atoms with Gasteiger partial charge in [-0.25, -0.2) is 4.98 Å². The number of thiazole rings is 1. The van der Waals surface area contributed by atoms with Crippen LogP contribution in [0.1, 0.15) is 11.5 Å². The van der Waals surface area contributed by atoms with E-state index < -0.39 is 0 Å². The Hall–Kier alpha value is -1.72. The van der Waals surface area contributed by atoms with Crippen LogP contribution in [-0.4, -0.2) is 11.2 Å². The molecule has 2 aromatic heterocycles. The van der Waals surface area contributed by atoms with Gasteiger partial charge in [0.1, 0.15) is 16.5 Å². The normalized spacial score (nSPS) is 10.7. The first-order valence-corrected chi connectivity index (χ1v) is 8.93. The van der Waals surface area contributed by atoms with Crippen LogP contribution in [0, 0.1) is 0 Å². The van der Waals surface area contributed by atoms with Gasteiger partial charge in [-0.3, -0.25) is 0 Å². The van der Waals surface area contributed by atoms with Crippen molar-refractivity contribution in [1.29, 1.82) is 0 Å². The van der Waals surface area contributed by atoms with Gasteiger partial charge in [0.15, 0.2) is 0 Å². The summed E-state index contributed by atoms with van der Waals surface area (Å²) in [5.74, 6) is 2.90. The number of anilines is 1. The van der Waals surface area contributed by atoms with Crippen LogP contribution >= 0.6 is 23.1 Å². The van der Waals surface area contributed by atoms with Crippen molar-refractivity contribution in [2.45, 2.75) is 12.3 Å². The maximum absolute atomic E-state index is 5.75. The summed E-state index contributed by atoms with van der Waals surface area (Å²) in [5, 5.41) is 6.43. The van der Waals surface area contributed by atoms with Crippen LogP contribution in [0.5, 0.6) is 0 Å². The molecule has 1 N–H and O–H groups in total. The molecule has 3 rings (SSSR count). The van der Waals surface area contributed by atoms with Crippen molar-refractivity contribution in [3.63, 3.8) is 0 Å². The van der Waals surface area contributed by atoms with Gasteiger partial charge >= 0.3 is 0 Å². The van der Waals surface area contributed by atoms with E-state index >= 15 is 0 Å². The zero-order chi connectivity index (χ0) is 14.5. The lowest BCUT2D eigenvalue weighted by molar-refractivity contribution is 0.487. The fourth-order valence-corrected chi connectivity index (χ4v) is 3.13. The van der Waals surface area contributed by atoms with Gasteiger partial charge in [-0.2, -0.15) is 11.8 Å². The fraction of sp³-hybridized carbons (Fsp3) is 0.188. The standard InChI is InChI=1S/C16H16N2OS2/c1-20-11-15-6-5-14(19-15)10-18-13-4-2-3-12(9-13)16-17-7-8-21-16/h2-9,18H,10-11H2,1H3. The average molecular weight is 316 g/mol. The molecule has 0 atom stereocenters. The number of rotatable bonds is 6. The minimum Gasteiger partial charge on any atom is -0.463 e. The van der Waals surface area contributed by atoms with Gasteiger partial charge in [0.25, 0.3) is 0 Å². The monoisotopic (exact) mass is 316 g/mol. The molecule has 0 radical (unpaired) electrons. The van der Waals surface area contributed by atoms with Crippen molar-refractivity contribution < 1.29 is 4.42 Å². The minimum absolute atomic E-state index is 0.690. The summed E-state index contributed by atoms with van der Waals surface area (Å²) in [7, 11) is 0. The Morgan fingerprint density at radius 3 is 2.95 bits per heavy atom.